The first-order valence-electron chi connectivity index (χ1n) is 7.34. The molecule has 0 aromatic heterocycles. The van der Waals surface area contributed by atoms with Gasteiger partial charge in [-0.25, -0.2) is 4.39 Å². The van der Waals surface area contributed by atoms with Gasteiger partial charge in [-0.3, -0.25) is 0 Å². The van der Waals surface area contributed by atoms with Crippen molar-refractivity contribution in [2.75, 3.05) is 6.54 Å². The van der Waals surface area contributed by atoms with E-state index in [1.54, 1.807) is 6.07 Å². The van der Waals surface area contributed by atoms with Crippen molar-refractivity contribution in [3.8, 4) is 0 Å². The lowest BCUT2D eigenvalue weighted by atomic mass is 9.96. The first kappa shape index (κ1) is 16.0. The summed E-state index contributed by atoms with van der Waals surface area (Å²) in [6, 6.07) is 13.0. The van der Waals surface area contributed by atoms with Crippen LogP contribution < -0.4 is 5.32 Å². The van der Waals surface area contributed by atoms with Crippen molar-refractivity contribution in [1.82, 2.24) is 5.32 Å². The van der Waals surface area contributed by atoms with E-state index < -0.39 is 0 Å². The molecule has 1 unspecified atom stereocenters. The molecule has 0 heterocycles. The van der Waals surface area contributed by atoms with E-state index in [-0.39, 0.29) is 11.9 Å². The molecule has 112 valence electrons. The molecule has 0 saturated heterocycles. The van der Waals surface area contributed by atoms with Crippen molar-refractivity contribution >= 4 is 11.6 Å². The Morgan fingerprint density at radius 2 is 2.00 bits per heavy atom. The van der Waals surface area contributed by atoms with Crippen molar-refractivity contribution in [2.45, 2.75) is 32.7 Å². The third-order valence-electron chi connectivity index (χ3n) is 3.63. The molecule has 0 aliphatic rings. The summed E-state index contributed by atoms with van der Waals surface area (Å²) in [5.74, 6) is -0.184. The van der Waals surface area contributed by atoms with Crippen LogP contribution in [0, 0.1) is 12.7 Å². The predicted molar refractivity (Wildman–Crippen MR) is 87.3 cm³/mol. The van der Waals surface area contributed by atoms with E-state index in [0.29, 0.717) is 0 Å². The fourth-order valence-corrected chi connectivity index (χ4v) is 2.63. The first-order valence-corrected chi connectivity index (χ1v) is 7.72. The highest BCUT2D eigenvalue weighted by molar-refractivity contribution is 6.30. The average molecular weight is 306 g/mol. The largest absolute Gasteiger partial charge is 0.310 e. The molecular formula is C18H21ClFN. The Morgan fingerprint density at radius 1 is 1.19 bits per heavy atom. The van der Waals surface area contributed by atoms with Crippen LogP contribution >= 0.6 is 11.6 Å². The number of rotatable bonds is 6. The molecule has 0 spiro atoms. The Bertz CT molecular complexity index is 598. The minimum atomic E-state index is -0.184. The summed E-state index contributed by atoms with van der Waals surface area (Å²) in [6.45, 7) is 5.07. The molecule has 0 saturated carbocycles. The van der Waals surface area contributed by atoms with Crippen LogP contribution in [0.3, 0.4) is 0 Å². The smallest absolute Gasteiger partial charge is 0.123 e. The maximum absolute atomic E-state index is 13.5. The van der Waals surface area contributed by atoms with Crippen LogP contribution in [0.25, 0.3) is 0 Å². The normalized spacial score (nSPS) is 12.4. The van der Waals surface area contributed by atoms with Gasteiger partial charge in [-0.2, -0.15) is 0 Å². The highest BCUT2D eigenvalue weighted by atomic mass is 35.5. The second-order valence-electron chi connectivity index (χ2n) is 5.34. The fraction of sp³-hybridized carbons (Fsp3) is 0.333. The Balaban J connectivity index is 2.25. The van der Waals surface area contributed by atoms with E-state index >= 15 is 0 Å². The quantitative estimate of drug-likeness (QED) is 0.785. The van der Waals surface area contributed by atoms with Gasteiger partial charge in [0.05, 0.1) is 0 Å². The van der Waals surface area contributed by atoms with Gasteiger partial charge in [0.1, 0.15) is 5.82 Å². The molecule has 2 aromatic rings. The highest BCUT2D eigenvalue weighted by Gasteiger charge is 2.13. The molecule has 0 aliphatic carbocycles. The maximum Gasteiger partial charge on any atom is 0.123 e. The van der Waals surface area contributed by atoms with Crippen molar-refractivity contribution < 1.29 is 4.39 Å². The molecule has 0 aliphatic heterocycles. The van der Waals surface area contributed by atoms with Crippen LogP contribution in [0.5, 0.6) is 0 Å². The molecule has 0 radical (unpaired) electrons. The minimum Gasteiger partial charge on any atom is -0.310 e. The van der Waals surface area contributed by atoms with E-state index in [9.17, 15) is 4.39 Å². The number of nitrogens with one attached hydrogen (secondary N) is 1. The average Bonchev–Trinajstić information content (AvgIpc) is 2.47. The molecule has 2 rings (SSSR count). The van der Waals surface area contributed by atoms with Crippen molar-refractivity contribution in [2.24, 2.45) is 0 Å². The van der Waals surface area contributed by atoms with Gasteiger partial charge in [-0.05, 0) is 67.3 Å². The maximum atomic E-state index is 13.5. The monoisotopic (exact) mass is 305 g/mol. The lowest BCUT2D eigenvalue weighted by molar-refractivity contribution is 0.526. The number of benzene rings is 2. The minimum absolute atomic E-state index is 0.143. The third-order valence-corrected chi connectivity index (χ3v) is 3.86. The zero-order valence-electron chi connectivity index (χ0n) is 12.5. The molecular weight excluding hydrogens is 285 g/mol. The predicted octanol–water partition coefficient (Wildman–Crippen LogP) is 5.07. The molecule has 3 heteroatoms. The molecule has 1 nitrogen and oxygen atoms in total. The van der Waals surface area contributed by atoms with Crippen LogP contribution in [0.15, 0.2) is 42.5 Å². The lowest BCUT2D eigenvalue weighted by Gasteiger charge is -2.20. The van der Waals surface area contributed by atoms with Gasteiger partial charge >= 0.3 is 0 Å². The van der Waals surface area contributed by atoms with Crippen LogP contribution in [0.2, 0.25) is 5.02 Å². The summed E-state index contributed by atoms with van der Waals surface area (Å²) in [7, 11) is 0. The fourth-order valence-electron chi connectivity index (χ4n) is 2.43. The third kappa shape index (κ3) is 4.55. The molecule has 2 aromatic carbocycles. The number of halogens is 2. The summed E-state index contributed by atoms with van der Waals surface area (Å²) < 4.78 is 13.5. The second kappa shape index (κ2) is 7.58. The SMILES string of the molecule is CCCNC(Cc1cc(F)ccc1C)c1cccc(Cl)c1. The summed E-state index contributed by atoms with van der Waals surface area (Å²) in [5, 5.41) is 4.26. The summed E-state index contributed by atoms with van der Waals surface area (Å²) in [6.07, 6.45) is 1.81. The van der Waals surface area contributed by atoms with Gasteiger partial charge in [0.15, 0.2) is 0 Å². The van der Waals surface area contributed by atoms with Crippen LogP contribution in [-0.2, 0) is 6.42 Å². The second-order valence-corrected chi connectivity index (χ2v) is 5.77. The Kier molecular flexibility index (Phi) is 5.77. The van der Waals surface area contributed by atoms with E-state index in [1.165, 1.54) is 6.07 Å². The van der Waals surface area contributed by atoms with Crippen LogP contribution in [-0.4, -0.2) is 6.54 Å². The highest BCUT2D eigenvalue weighted by Crippen LogP contribution is 2.23. The summed E-state index contributed by atoms with van der Waals surface area (Å²) in [4.78, 5) is 0. The molecule has 0 fully saturated rings. The van der Waals surface area contributed by atoms with Gasteiger partial charge in [-0.1, -0.05) is 36.7 Å². The van der Waals surface area contributed by atoms with Crippen molar-refractivity contribution in [1.29, 1.82) is 0 Å². The van der Waals surface area contributed by atoms with Gasteiger partial charge in [0.2, 0.25) is 0 Å². The Labute approximate surface area is 131 Å². The van der Waals surface area contributed by atoms with Crippen molar-refractivity contribution in [3.63, 3.8) is 0 Å². The zero-order chi connectivity index (χ0) is 15.2. The number of hydrogen-bond donors (Lipinski definition) is 1. The Morgan fingerprint density at radius 3 is 2.71 bits per heavy atom. The summed E-state index contributed by atoms with van der Waals surface area (Å²) in [5.41, 5.74) is 3.28. The molecule has 1 N–H and O–H groups in total. The van der Waals surface area contributed by atoms with Gasteiger partial charge in [0.25, 0.3) is 0 Å². The lowest BCUT2D eigenvalue weighted by Crippen LogP contribution is -2.24. The van der Waals surface area contributed by atoms with E-state index in [1.807, 2.05) is 31.2 Å². The van der Waals surface area contributed by atoms with Crippen LogP contribution in [0.4, 0.5) is 4.39 Å². The number of aryl methyl sites for hydroxylation is 1. The van der Waals surface area contributed by atoms with Crippen molar-refractivity contribution in [3.05, 3.63) is 70.0 Å². The number of hydrogen-bond acceptors (Lipinski definition) is 1. The van der Waals surface area contributed by atoms with E-state index in [4.69, 9.17) is 11.6 Å². The topological polar surface area (TPSA) is 12.0 Å². The van der Waals surface area contributed by atoms with E-state index in [0.717, 1.165) is 41.1 Å². The zero-order valence-corrected chi connectivity index (χ0v) is 13.3. The first-order chi connectivity index (χ1) is 10.1. The molecule has 1 atom stereocenters. The standard InChI is InChI=1S/C18H21ClFN/c1-3-9-21-18(14-5-4-6-16(19)10-14)12-15-11-17(20)8-7-13(15)2/h4-8,10-11,18,21H,3,9,12H2,1-2H3. The molecule has 21 heavy (non-hydrogen) atoms. The van der Waals surface area contributed by atoms with Crippen LogP contribution in [0.1, 0.15) is 36.1 Å². The summed E-state index contributed by atoms with van der Waals surface area (Å²) >= 11 is 6.09. The molecule has 0 bridgehead atoms. The Hall–Kier alpha value is -1.38. The van der Waals surface area contributed by atoms with Gasteiger partial charge in [-0.15, -0.1) is 0 Å². The van der Waals surface area contributed by atoms with Gasteiger partial charge in [0, 0.05) is 11.1 Å². The molecule has 0 amide bonds. The van der Waals surface area contributed by atoms with E-state index in [2.05, 4.69) is 18.3 Å². The van der Waals surface area contributed by atoms with Gasteiger partial charge < -0.3 is 5.32 Å².